The van der Waals surface area contributed by atoms with Crippen molar-refractivity contribution < 1.29 is 4.74 Å². The standard InChI is InChI=1S/C12H17BrN2O/c1-15(8-12(14)5-6-12)10-7-9(13)3-4-11(10)16-2/h3-4,7H,5-6,8,14H2,1-2H3. The molecule has 0 heterocycles. The number of benzene rings is 1. The Hall–Kier alpha value is -0.740. The number of nitrogens with two attached hydrogens (primary N) is 1. The van der Waals surface area contributed by atoms with Gasteiger partial charge in [0, 0.05) is 23.6 Å². The van der Waals surface area contributed by atoms with E-state index in [0.717, 1.165) is 35.3 Å². The molecule has 1 fully saturated rings. The molecule has 0 bridgehead atoms. The summed E-state index contributed by atoms with van der Waals surface area (Å²) in [6.45, 7) is 0.875. The number of methoxy groups -OCH3 is 1. The largest absolute Gasteiger partial charge is 0.495 e. The highest BCUT2D eigenvalue weighted by atomic mass is 79.9. The topological polar surface area (TPSA) is 38.5 Å². The summed E-state index contributed by atoms with van der Waals surface area (Å²) in [6, 6.07) is 6.00. The van der Waals surface area contributed by atoms with E-state index in [1.165, 1.54) is 0 Å². The number of hydrogen-bond donors (Lipinski definition) is 1. The predicted molar refractivity (Wildman–Crippen MR) is 70.1 cm³/mol. The summed E-state index contributed by atoms with van der Waals surface area (Å²) in [7, 11) is 3.74. The van der Waals surface area contributed by atoms with Crippen molar-refractivity contribution in [1.82, 2.24) is 0 Å². The van der Waals surface area contributed by atoms with Gasteiger partial charge in [-0.05, 0) is 31.0 Å². The van der Waals surface area contributed by atoms with Crippen LogP contribution in [0.5, 0.6) is 5.75 Å². The Morgan fingerprint density at radius 2 is 2.19 bits per heavy atom. The molecule has 1 aromatic carbocycles. The zero-order valence-corrected chi connectivity index (χ0v) is 11.3. The third-order valence-electron chi connectivity index (χ3n) is 3.00. The smallest absolute Gasteiger partial charge is 0.142 e. The molecule has 4 heteroatoms. The number of nitrogens with zero attached hydrogens (tertiary/aromatic N) is 1. The summed E-state index contributed by atoms with van der Waals surface area (Å²) >= 11 is 3.48. The molecule has 0 atom stereocenters. The molecule has 2 N–H and O–H groups in total. The van der Waals surface area contributed by atoms with Crippen LogP contribution in [0.3, 0.4) is 0 Å². The van der Waals surface area contributed by atoms with Crippen molar-refractivity contribution in [3.05, 3.63) is 22.7 Å². The third kappa shape index (κ3) is 2.50. The lowest BCUT2D eigenvalue weighted by Gasteiger charge is -2.25. The quantitative estimate of drug-likeness (QED) is 0.923. The minimum absolute atomic E-state index is 0.0160. The van der Waals surface area contributed by atoms with Gasteiger partial charge in [0.15, 0.2) is 0 Å². The minimum Gasteiger partial charge on any atom is -0.495 e. The van der Waals surface area contributed by atoms with Gasteiger partial charge < -0.3 is 15.4 Å². The fourth-order valence-electron chi connectivity index (χ4n) is 1.84. The molecule has 88 valence electrons. The van der Waals surface area contributed by atoms with Crippen LogP contribution >= 0.6 is 15.9 Å². The Balaban J connectivity index is 2.20. The number of ether oxygens (including phenoxy) is 1. The third-order valence-corrected chi connectivity index (χ3v) is 3.49. The first kappa shape index (κ1) is 11.7. The maximum Gasteiger partial charge on any atom is 0.142 e. The fraction of sp³-hybridized carbons (Fsp3) is 0.500. The summed E-state index contributed by atoms with van der Waals surface area (Å²) in [5, 5.41) is 0. The molecule has 0 aromatic heterocycles. The molecule has 1 aromatic rings. The fourth-order valence-corrected chi connectivity index (χ4v) is 2.19. The molecule has 0 unspecified atom stereocenters. The Labute approximate surface area is 105 Å². The van der Waals surface area contributed by atoms with Crippen LogP contribution in [0.15, 0.2) is 22.7 Å². The van der Waals surface area contributed by atoms with Gasteiger partial charge in [0.25, 0.3) is 0 Å². The van der Waals surface area contributed by atoms with E-state index in [1.807, 2.05) is 12.1 Å². The lowest BCUT2D eigenvalue weighted by atomic mass is 10.2. The van der Waals surface area contributed by atoms with Crippen LogP contribution in [0.2, 0.25) is 0 Å². The first-order chi connectivity index (χ1) is 7.54. The van der Waals surface area contributed by atoms with Crippen LogP contribution in [-0.2, 0) is 0 Å². The zero-order valence-electron chi connectivity index (χ0n) is 9.66. The second-order valence-electron chi connectivity index (χ2n) is 4.53. The Kier molecular flexibility index (Phi) is 3.13. The average molecular weight is 285 g/mol. The molecule has 1 saturated carbocycles. The Morgan fingerprint density at radius 1 is 1.50 bits per heavy atom. The van der Waals surface area contributed by atoms with Gasteiger partial charge >= 0.3 is 0 Å². The van der Waals surface area contributed by atoms with Gasteiger partial charge in [-0.3, -0.25) is 0 Å². The lowest BCUT2D eigenvalue weighted by molar-refractivity contribution is 0.414. The van der Waals surface area contributed by atoms with Crippen molar-refractivity contribution in [3.8, 4) is 5.75 Å². The molecule has 3 nitrogen and oxygen atoms in total. The van der Waals surface area contributed by atoms with Crippen molar-refractivity contribution in [2.75, 3.05) is 25.6 Å². The molecule has 16 heavy (non-hydrogen) atoms. The number of rotatable bonds is 4. The van der Waals surface area contributed by atoms with E-state index in [-0.39, 0.29) is 5.54 Å². The van der Waals surface area contributed by atoms with Crippen LogP contribution in [0.4, 0.5) is 5.69 Å². The van der Waals surface area contributed by atoms with Crippen LogP contribution in [-0.4, -0.2) is 26.2 Å². The summed E-state index contributed by atoms with van der Waals surface area (Å²) in [5.74, 6) is 0.884. The van der Waals surface area contributed by atoms with Crippen molar-refractivity contribution in [2.45, 2.75) is 18.4 Å². The van der Waals surface area contributed by atoms with E-state index in [2.05, 4.69) is 33.9 Å². The monoisotopic (exact) mass is 284 g/mol. The molecule has 0 radical (unpaired) electrons. The molecule has 1 aliphatic rings. The summed E-state index contributed by atoms with van der Waals surface area (Å²) < 4.78 is 6.41. The number of anilines is 1. The van der Waals surface area contributed by atoms with Gasteiger partial charge in [-0.1, -0.05) is 15.9 Å². The second-order valence-corrected chi connectivity index (χ2v) is 5.45. The predicted octanol–water partition coefficient (Wildman–Crippen LogP) is 2.39. The molecule has 1 aliphatic carbocycles. The van der Waals surface area contributed by atoms with E-state index in [0.29, 0.717) is 0 Å². The van der Waals surface area contributed by atoms with Crippen LogP contribution < -0.4 is 15.4 Å². The molecule has 0 aliphatic heterocycles. The summed E-state index contributed by atoms with van der Waals surface area (Å²) in [4.78, 5) is 2.16. The van der Waals surface area contributed by atoms with E-state index < -0.39 is 0 Å². The Bertz CT molecular complexity index is 391. The molecular formula is C12H17BrN2O. The van der Waals surface area contributed by atoms with Crippen molar-refractivity contribution in [3.63, 3.8) is 0 Å². The van der Waals surface area contributed by atoms with Gasteiger partial charge in [-0.15, -0.1) is 0 Å². The van der Waals surface area contributed by atoms with Crippen LogP contribution in [0.25, 0.3) is 0 Å². The maximum atomic E-state index is 6.12. The average Bonchev–Trinajstić information content (AvgIpc) is 2.96. The van der Waals surface area contributed by atoms with Crippen molar-refractivity contribution in [2.24, 2.45) is 5.73 Å². The van der Waals surface area contributed by atoms with Gasteiger partial charge in [-0.2, -0.15) is 0 Å². The number of halogens is 1. The molecular weight excluding hydrogens is 268 g/mol. The number of hydrogen-bond acceptors (Lipinski definition) is 3. The summed E-state index contributed by atoms with van der Waals surface area (Å²) in [6.07, 6.45) is 2.24. The molecule has 0 spiro atoms. The molecule has 0 saturated heterocycles. The van der Waals surface area contributed by atoms with Gasteiger partial charge in [0.1, 0.15) is 5.75 Å². The zero-order chi connectivity index (χ0) is 11.8. The van der Waals surface area contributed by atoms with Gasteiger partial charge in [0.2, 0.25) is 0 Å². The number of likely N-dealkylation sites (N-methyl/N-ethyl adjacent to an activating group) is 1. The lowest BCUT2D eigenvalue weighted by Crippen LogP contribution is -2.37. The molecule has 0 amide bonds. The normalized spacial score (nSPS) is 17.0. The minimum atomic E-state index is 0.0160. The Morgan fingerprint density at radius 3 is 2.75 bits per heavy atom. The van der Waals surface area contributed by atoms with Crippen molar-refractivity contribution >= 4 is 21.6 Å². The molecule has 2 rings (SSSR count). The SMILES string of the molecule is COc1ccc(Br)cc1N(C)CC1(N)CC1. The highest BCUT2D eigenvalue weighted by Gasteiger charge is 2.39. The van der Waals surface area contributed by atoms with Crippen molar-refractivity contribution in [1.29, 1.82) is 0 Å². The van der Waals surface area contributed by atoms with E-state index in [1.54, 1.807) is 7.11 Å². The first-order valence-electron chi connectivity index (χ1n) is 5.38. The van der Waals surface area contributed by atoms with E-state index >= 15 is 0 Å². The van der Waals surface area contributed by atoms with E-state index in [4.69, 9.17) is 10.5 Å². The summed E-state index contributed by atoms with van der Waals surface area (Å²) in [5.41, 5.74) is 7.21. The van der Waals surface area contributed by atoms with Crippen LogP contribution in [0.1, 0.15) is 12.8 Å². The highest BCUT2D eigenvalue weighted by molar-refractivity contribution is 9.10. The highest BCUT2D eigenvalue weighted by Crippen LogP contribution is 2.36. The van der Waals surface area contributed by atoms with Gasteiger partial charge in [-0.25, -0.2) is 0 Å². The van der Waals surface area contributed by atoms with E-state index in [9.17, 15) is 0 Å². The van der Waals surface area contributed by atoms with Gasteiger partial charge in [0.05, 0.1) is 12.8 Å². The first-order valence-corrected chi connectivity index (χ1v) is 6.17. The van der Waals surface area contributed by atoms with Crippen LogP contribution in [0, 0.1) is 0 Å². The second kappa shape index (κ2) is 4.26. The maximum absolute atomic E-state index is 6.12.